The first-order valence-corrected chi connectivity index (χ1v) is 11.3. The van der Waals surface area contributed by atoms with Crippen LogP contribution in [-0.4, -0.2) is 25.2 Å². The van der Waals surface area contributed by atoms with Gasteiger partial charge in [-0.2, -0.15) is 5.10 Å². The highest BCUT2D eigenvalue weighted by Gasteiger charge is 2.13. The molecule has 5 rings (SSSR count). The second-order valence-electron chi connectivity index (χ2n) is 7.54. The van der Waals surface area contributed by atoms with Crippen LogP contribution in [0.2, 0.25) is 0 Å². The van der Waals surface area contributed by atoms with E-state index in [1.165, 1.54) is 12.8 Å². The number of thiophene rings is 1. The van der Waals surface area contributed by atoms with Crippen LogP contribution in [0.25, 0.3) is 22.3 Å². The predicted octanol–water partition coefficient (Wildman–Crippen LogP) is 4.46. The number of benzene rings is 1. The number of carbonyl (C=O) groups is 1. The molecule has 0 unspecified atom stereocenters. The topological polar surface area (TPSA) is 64.7 Å². The van der Waals surface area contributed by atoms with Crippen molar-refractivity contribution in [2.45, 2.75) is 32.4 Å². The Kier molecular flexibility index (Phi) is 5.50. The van der Waals surface area contributed by atoms with Crippen molar-refractivity contribution in [2.75, 3.05) is 0 Å². The van der Waals surface area contributed by atoms with Crippen LogP contribution >= 0.6 is 11.3 Å². The minimum Gasteiger partial charge on any atom is -0.347 e. The highest BCUT2D eigenvalue weighted by atomic mass is 32.1. The molecule has 4 heterocycles. The van der Waals surface area contributed by atoms with Gasteiger partial charge in [0.15, 0.2) is 0 Å². The molecule has 0 saturated heterocycles. The minimum atomic E-state index is -0.143. The number of aryl methyl sites for hydroxylation is 2. The van der Waals surface area contributed by atoms with E-state index in [4.69, 9.17) is 5.10 Å². The SMILES string of the molecule is O=C(/C=C/c1cn(-c2ccccc2)nc1-c1cccs1)NCc1cn2c(n1)CCCC2. The Morgan fingerprint density at radius 3 is 2.84 bits per heavy atom. The number of hydrogen-bond donors (Lipinski definition) is 1. The summed E-state index contributed by atoms with van der Waals surface area (Å²) in [6.45, 7) is 1.46. The molecule has 0 radical (unpaired) electrons. The van der Waals surface area contributed by atoms with Gasteiger partial charge in [-0.05, 0) is 42.5 Å². The minimum absolute atomic E-state index is 0.143. The molecule has 0 spiro atoms. The Morgan fingerprint density at radius 1 is 1.13 bits per heavy atom. The van der Waals surface area contributed by atoms with E-state index in [1.54, 1.807) is 17.4 Å². The van der Waals surface area contributed by atoms with E-state index in [0.29, 0.717) is 6.54 Å². The zero-order valence-corrected chi connectivity index (χ0v) is 17.9. The van der Waals surface area contributed by atoms with Gasteiger partial charge in [-0.1, -0.05) is 24.3 Å². The number of nitrogens with zero attached hydrogens (tertiary/aromatic N) is 4. The zero-order valence-electron chi connectivity index (χ0n) is 17.1. The van der Waals surface area contributed by atoms with Crippen LogP contribution in [0.5, 0.6) is 0 Å². The summed E-state index contributed by atoms with van der Waals surface area (Å²) in [5.41, 5.74) is 3.66. The third-order valence-electron chi connectivity index (χ3n) is 5.33. The Hall–Kier alpha value is -3.45. The molecule has 156 valence electrons. The maximum Gasteiger partial charge on any atom is 0.244 e. The van der Waals surface area contributed by atoms with Gasteiger partial charge in [0.05, 0.1) is 22.8 Å². The van der Waals surface area contributed by atoms with Gasteiger partial charge in [0.1, 0.15) is 11.5 Å². The van der Waals surface area contributed by atoms with Crippen LogP contribution in [0.15, 0.2) is 66.3 Å². The van der Waals surface area contributed by atoms with Crippen molar-refractivity contribution in [3.63, 3.8) is 0 Å². The van der Waals surface area contributed by atoms with Crippen LogP contribution in [0.3, 0.4) is 0 Å². The summed E-state index contributed by atoms with van der Waals surface area (Å²) in [6, 6.07) is 14.0. The molecular formula is C24H23N5OS. The molecule has 0 bridgehead atoms. The molecule has 0 aliphatic carbocycles. The summed E-state index contributed by atoms with van der Waals surface area (Å²) in [6.07, 6.45) is 10.8. The quantitative estimate of drug-likeness (QED) is 0.460. The van der Waals surface area contributed by atoms with E-state index in [2.05, 4.69) is 21.1 Å². The molecule has 1 aliphatic rings. The third kappa shape index (κ3) is 4.36. The van der Waals surface area contributed by atoms with E-state index < -0.39 is 0 Å². The fourth-order valence-electron chi connectivity index (χ4n) is 3.79. The Morgan fingerprint density at radius 2 is 2.03 bits per heavy atom. The normalized spacial score (nSPS) is 13.4. The van der Waals surface area contributed by atoms with Crippen molar-refractivity contribution in [3.05, 3.63) is 83.4 Å². The molecule has 0 saturated carbocycles. The van der Waals surface area contributed by atoms with Crippen LogP contribution in [0, 0.1) is 0 Å². The first-order valence-electron chi connectivity index (χ1n) is 10.5. The standard InChI is InChI=1S/C24H23N5OS/c30-23(25-15-19-17-28-13-5-4-10-22(28)26-19)12-11-18-16-29(20-7-2-1-3-8-20)27-24(18)21-9-6-14-31-21/h1-3,6-9,11-12,14,16-17H,4-5,10,13,15H2,(H,25,30)/b12-11+. The molecular weight excluding hydrogens is 406 g/mol. The van der Waals surface area contributed by atoms with Crippen LogP contribution < -0.4 is 5.32 Å². The monoisotopic (exact) mass is 429 g/mol. The molecule has 7 heteroatoms. The average Bonchev–Trinajstić information content (AvgIpc) is 3.55. The fraction of sp³-hybridized carbons (Fsp3) is 0.208. The van der Waals surface area contributed by atoms with Crippen molar-refractivity contribution in [1.29, 1.82) is 0 Å². The number of carbonyl (C=O) groups excluding carboxylic acids is 1. The first-order chi connectivity index (χ1) is 15.3. The van der Waals surface area contributed by atoms with E-state index in [-0.39, 0.29) is 5.91 Å². The number of aromatic nitrogens is 4. The lowest BCUT2D eigenvalue weighted by Crippen LogP contribution is -2.20. The van der Waals surface area contributed by atoms with Crippen molar-refractivity contribution >= 4 is 23.3 Å². The lowest BCUT2D eigenvalue weighted by atomic mass is 10.2. The smallest absolute Gasteiger partial charge is 0.244 e. The van der Waals surface area contributed by atoms with Gasteiger partial charge in [0.2, 0.25) is 5.91 Å². The van der Waals surface area contributed by atoms with Crippen LogP contribution in [-0.2, 0) is 24.3 Å². The van der Waals surface area contributed by atoms with Gasteiger partial charge in [0.25, 0.3) is 0 Å². The molecule has 1 aliphatic heterocycles. The highest BCUT2D eigenvalue weighted by molar-refractivity contribution is 7.13. The van der Waals surface area contributed by atoms with Gasteiger partial charge < -0.3 is 9.88 Å². The molecule has 1 N–H and O–H groups in total. The molecule has 3 aromatic heterocycles. The fourth-order valence-corrected chi connectivity index (χ4v) is 4.52. The molecule has 1 aromatic carbocycles. The number of rotatable bonds is 6. The van der Waals surface area contributed by atoms with Gasteiger partial charge in [0, 0.05) is 37.0 Å². The lowest BCUT2D eigenvalue weighted by molar-refractivity contribution is -0.116. The maximum atomic E-state index is 12.5. The van der Waals surface area contributed by atoms with Gasteiger partial charge in [-0.25, -0.2) is 9.67 Å². The summed E-state index contributed by atoms with van der Waals surface area (Å²) in [5.74, 6) is 0.982. The van der Waals surface area contributed by atoms with E-state index in [1.807, 2.05) is 64.8 Å². The third-order valence-corrected chi connectivity index (χ3v) is 6.21. The van der Waals surface area contributed by atoms with Crippen LogP contribution in [0.1, 0.15) is 29.9 Å². The number of para-hydroxylation sites is 1. The molecule has 1 amide bonds. The van der Waals surface area contributed by atoms with Crippen molar-refractivity contribution < 1.29 is 4.79 Å². The zero-order chi connectivity index (χ0) is 21.0. The van der Waals surface area contributed by atoms with Gasteiger partial charge >= 0.3 is 0 Å². The molecule has 4 aromatic rings. The largest absolute Gasteiger partial charge is 0.347 e. The summed E-state index contributed by atoms with van der Waals surface area (Å²) in [4.78, 5) is 18.2. The van der Waals surface area contributed by atoms with E-state index >= 15 is 0 Å². The first kappa shape index (κ1) is 19.5. The van der Waals surface area contributed by atoms with Crippen molar-refractivity contribution in [1.82, 2.24) is 24.6 Å². The molecule has 0 fully saturated rings. The maximum absolute atomic E-state index is 12.5. The Labute approximate surface area is 184 Å². The van der Waals surface area contributed by atoms with E-state index in [0.717, 1.165) is 46.3 Å². The number of fused-ring (bicyclic) bond motifs is 1. The number of hydrogen-bond acceptors (Lipinski definition) is 4. The Bertz CT molecular complexity index is 1180. The second kappa shape index (κ2) is 8.73. The van der Waals surface area contributed by atoms with E-state index in [9.17, 15) is 4.79 Å². The number of amides is 1. The molecule has 31 heavy (non-hydrogen) atoms. The average molecular weight is 430 g/mol. The Balaban J connectivity index is 1.32. The van der Waals surface area contributed by atoms with Crippen LogP contribution in [0.4, 0.5) is 0 Å². The van der Waals surface area contributed by atoms with Gasteiger partial charge in [-0.15, -0.1) is 11.3 Å². The number of imidazole rings is 1. The second-order valence-corrected chi connectivity index (χ2v) is 8.49. The summed E-state index contributed by atoms with van der Waals surface area (Å²) >= 11 is 1.63. The van der Waals surface area contributed by atoms with Crippen molar-refractivity contribution in [2.24, 2.45) is 0 Å². The highest BCUT2D eigenvalue weighted by Crippen LogP contribution is 2.28. The van der Waals surface area contributed by atoms with Crippen molar-refractivity contribution in [3.8, 4) is 16.3 Å². The lowest BCUT2D eigenvalue weighted by Gasteiger charge is -2.11. The summed E-state index contributed by atoms with van der Waals surface area (Å²) in [7, 11) is 0. The summed E-state index contributed by atoms with van der Waals surface area (Å²) in [5, 5.41) is 9.74. The van der Waals surface area contributed by atoms with Gasteiger partial charge in [-0.3, -0.25) is 4.79 Å². The summed E-state index contributed by atoms with van der Waals surface area (Å²) < 4.78 is 4.05. The predicted molar refractivity (Wildman–Crippen MR) is 123 cm³/mol. The molecule has 0 atom stereocenters. The molecule has 6 nitrogen and oxygen atoms in total. The number of nitrogens with one attached hydrogen (secondary N) is 1.